The minimum Gasteiger partial charge on any atom is -0.493 e. The van der Waals surface area contributed by atoms with Crippen LogP contribution < -0.4 is 15.8 Å². The molecule has 1 atom stereocenters. The lowest BCUT2D eigenvalue weighted by atomic mass is 10.0. The van der Waals surface area contributed by atoms with Gasteiger partial charge in [0.15, 0.2) is 0 Å². The number of ether oxygens (including phenoxy) is 1. The summed E-state index contributed by atoms with van der Waals surface area (Å²) in [5.41, 5.74) is 6.26. The molecule has 0 spiro atoms. The van der Waals surface area contributed by atoms with E-state index in [0.29, 0.717) is 17.4 Å². The van der Waals surface area contributed by atoms with E-state index in [2.05, 4.69) is 19.2 Å². The Morgan fingerprint density at radius 3 is 2.80 bits per heavy atom. The first-order valence-electron chi connectivity index (χ1n) is 6.89. The molecule has 0 aliphatic carbocycles. The molecule has 0 fully saturated rings. The Labute approximate surface area is 120 Å². The third-order valence-corrected chi connectivity index (χ3v) is 2.80. The number of hydrogen-bond donors (Lipinski definition) is 3. The third-order valence-electron chi connectivity index (χ3n) is 2.80. The largest absolute Gasteiger partial charge is 0.493 e. The fourth-order valence-electron chi connectivity index (χ4n) is 1.91. The molecular formula is C15H24N2O3. The Morgan fingerprint density at radius 2 is 2.20 bits per heavy atom. The Kier molecular flexibility index (Phi) is 6.87. The number of rotatable bonds is 8. The second-order valence-corrected chi connectivity index (χ2v) is 5.25. The van der Waals surface area contributed by atoms with Gasteiger partial charge >= 0.3 is 0 Å². The monoisotopic (exact) mass is 280 g/mol. The maximum absolute atomic E-state index is 11.7. The molecule has 0 saturated heterocycles. The third kappa shape index (κ3) is 6.43. The molecular weight excluding hydrogens is 256 g/mol. The van der Waals surface area contributed by atoms with E-state index < -0.39 is 0 Å². The fraction of sp³-hybridized carbons (Fsp3) is 0.533. The van der Waals surface area contributed by atoms with E-state index in [9.17, 15) is 9.90 Å². The molecule has 1 unspecified atom stereocenters. The highest BCUT2D eigenvalue weighted by molar-refractivity contribution is 5.76. The lowest BCUT2D eigenvalue weighted by molar-refractivity contribution is -0.122. The summed E-state index contributed by atoms with van der Waals surface area (Å²) in [6, 6.07) is 6.90. The molecule has 1 aromatic rings. The standard InChI is InChI=1S/C15H24N2O3/c1-11(2)8-13(10-18)17-15(19)6-7-20-14-5-3-4-12(16)9-14/h3-5,9,11,13,18H,6-8,10,16H2,1-2H3,(H,17,19). The van der Waals surface area contributed by atoms with Crippen LogP contribution in [-0.4, -0.2) is 30.3 Å². The minimum atomic E-state index is -0.185. The van der Waals surface area contributed by atoms with Crippen molar-refractivity contribution in [2.75, 3.05) is 18.9 Å². The van der Waals surface area contributed by atoms with Gasteiger partial charge in [0.2, 0.25) is 5.91 Å². The van der Waals surface area contributed by atoms with Gasteiger partial charge in [-0.15, -0.1) is 0 Å². The highest BCUT2D eigenvalue weighted by Gasteiger charge is 2.12. The van der Waals surface area contributed by atoms with Crippen molar-refractivity contribution in [3.8, 4) is 5.75 Å². The smallest absolute Gasteiger partial charge is 0.223 e. The van der Waals surface area contributed by atoms with E-state index in [-0.39, 0.29) is 31.6 Å². The van der Waals surface area contributed by atoms with Crippen molar-refractivity contribution in [1.29, 1.82) is 0 Å². The number of benzene rings is 1. The van der Waals surface area contributed by atoms with Gasteiger partial charge in [-0.2, -0.15) is 0 Å². The topological polar surface area (TPSA) is 84.6 Å². The summed E-state index contributed by atoms with van der Waals surface area (Å²) in [4.78, 5) is 11.7. The van der Waals surface area contributed by atoms with Crippen LogP contribution in [0.4, 0.5) is 5.69 Å². The molecule has 0 radical (unpaired) electrons. The molecule has 0 heterocycles. The lowest BCUT2D eigenvalue weighted by Crippen LogP contribution is -2.38. The molecule has 112 valence electrons. The van der Waals surface area contributed by atoms with E-state index in [1.54, 1.807) is 24.3 Å². The van der Waals surface area contributed by atoms with Crippen molar-refractivity contribution >= 4 is 11.6 Å². The summed E-state index contributed by atoms with van der Waals surface area (Å²) in [6.45, 7) is 4.35. The molecule has 0 aliphatic rings. The van der Waals surface area contributed by atoms with Crippen LogP contribution in [-0.2, 0) is 4.79 Å². The van der Waals surface area contributed by atoms with Gasteiger partial charge in [0.25, 0.3) is 0 Å². The van der Waals surface area contributed by atoms with Gasteiger partial charge in [-0.25, -0.2) is 0 Å². The maximum Gasteiger partial charge on any atom is 0.223 e. The number of anilines is 1. The van der Waals surface area contributed by atoms with Crippen molar-refractivity contribution in [3.05, 3.63) is 24.3 Å². The SMILES string of the molecule is CC(C)CC(CO)NC(=O)CCOc1cccc(N)c1. The Morgan fingerprint density at radius 1 is 1.45 bits per heavy atom. The molecule has 5 nitrogen and oxygen atoms in total. The van der Waals surface area contributed by atoms with Crippen LogP contribution in [0.5, 0.6) is 5.75 Å². The van der Waals surface area contributed by atoms with E-state index in [1.807, 2.05) is 0 Å². The number of nitrogens with two attached hydrogens (primary N) is 1. The van der Waals surface area contributed by atoms with Crippen LogP contribution in [0.1, 0.15) is 26.7 Å². The summed E-state index contributed by atoms with van der Waals surface area (Å²) in [5, 5.41) is 12.0. The maximum atomic E-state index is 11.7. The second kappa shape index (κ2) is 8.43. The summed E-state index contributed by atoms with van der Waals surface area (Å²) >= 11 is 0. The van der Waals surface area contributed by atoms with Crippen LogP contribution in [0.25, 0.3) is 0 Å². The average molecular weight is 280 g/mol. The van der Waals surface area contributed by atoms with Gasteiger partial charge in [-0.05, 0) is 24.5 Å². The molecule has 1 amide bonds. The number of carbonyl (C=O) groups is 1. The fourth-order valence-corrected chi connectivity index (χ4v) is 1.91. The van der Waals surface area contributed by atoms with Crippen molar-refractivity contribution in [2.24, 2.45) is 5.92 Å². The molecule has 5 heteroatoms. The summed E-state index contributed by atoms with van der Waals surface area (Å²) in [6.07, 6.45) is 1.02. The van der Waals surface area contributed by atoms with Gasteiger partial charge in [0.05, 0.1) is 25.7 Å². The zero-order chi connectivity index (χ0) is 15.0. The van der Waals surface area contributed by atoms with E-state index in [4.69, 9.17) is 10.5 Å². The Balaban J connectivity index is 2.29. The highest BCUT2D eigenvalue weighted by atomic mass is 16.5. The number of aliphatic hydroxyl groups is 1. The number of nitrogen functional groups attached to an aromatic ring is 1. The van der Waals surface area contributed by atoms with Crippen molar-refractivity contribution < 1.29 is 14.6 Å². The van der Waals surface area contributed by atoms with E-state index >= 15 is 0 Å². The molecule has 4 N–H and O–H groups in total. The first-order chi connectivity index (χ1) is 9.51. The van der Waals surface area contributed by atoms with Crippen LogP contribution in [0.15, 0.2) is 24.3 Å². The molecule has 0 bridgehead atoms. The number of carbonyl (C=O) groups excluding carboxylic acids is 1. The van der Waals surface area contributed by atoms with Crippen molar-refractivity contribution in [3.63, 3.8) is 0 Å². The van der Waals surface area contributed by atoms with Gasteiger partial charge in [0, 0.05) is 11.8 Å². The van der Waals surface area contributed by atoms with Crippen LogP contribution in [0.3, 0.4) is 0 Å². The first-order valence-corrected chi connectivity index (χ1v) is 6.89. The zero-order valence-electron chi connectivity index (χ0n) is 12.1. The van der Waals surface area contributed by atoms with Crippen molar-refractivity contribution in [1.82, 2.24) is 5.32 Å². The normalized spacial score (nSPS) is 12.2. The molecule has 1 rings (SSSR count). The second-order valence-electron chi connectivity index (χ2n) is 5.25. The van der Waals surface area contributed by atoms with Crippen molar-refractivity contribution in [2.45, 2.75) is 32.7 Å². The minimum absolute atomic E-state index is 0.0417. The van der Waals surface area contributed by atoms with Gasteiger partial charge in [0.1, 0.15) is 5.75 Å². The lowest BCUT2D eigenvalue weighted by Gasteiger charge is -2.18. The summed E-state index contributed by atoms with van der Waals surface area (Å²) in [7, 11) is 0. The molecule has 0 aromatic heterocycles. The van der Waals surface area contributed by atoms with E-state index in [0.717, 1.165) is 6.42 Å². The summed E-state index contributed by atoms with van der Waals surface area (Å²) in [5.74, 6) is 0.961. The van der Waals surface area contributed by atoms with Crippen LogP contribution in [0, 0.1) is 5.92 Å². The van der Waals surface area contributed by atoms with Gasteiger partial charge < -0.3 is 20.9 Å². The number of amides is 1. The average Bonchev–Trinajstić information content (AvgIpc) is 2.37. The van der Waals surface area contributed by atoms with E-state index in [1.165, 1.54) is 0 Å². The molecule has 1 aromatic carbocycles. The predicted octanol–water partition coefficient (Wildman–Crippen LogP) is 1.56. The summed E-state index contributed by atoms with van der Waals surface area (Å²) < 4.78 is 5.45. The molecule has 20 heavy (non-hydrogen) atoms. The number of hydrogen-bond acceptors (Lipinski definition) is 4. The Hall–Kier alpha value is -1.75. The quantitative estimate of drug-likeness (QED) is 0.631. The number of aliphatic hydroxyl groups excluding tert-OH is 1. The van der Waals surface area contributed by atoms with Gasteiger partial charge in [-0.3, -0.25) is 4.79 Å². The number of nitrogens with one attached hydrogen (secondary N) is 1. The molecule has 0 aliphatic heterocycles. The predicted molar refractivity (Wildman–Crippen MR) is 79.4 cm³/mol. The highest BCUT2D eigenvalue weighted by Crippen LogP contribution is 2.14. The Bertz CT molecular complexity index is 421. The van der Waals surface area contributed by atoms with Crippen LogP contribution >= 0.6 is 0 Å². The zero-order valence-corrected chi connectivity index (χ0v) is 12.1. The molecule has 0 saturated carbocycles. The first kappa shape index (κ1) is 16.3. The van der Waals surface area contributed by atoms with Crippen LogP contribution in [0.2, 0.25) is 0 Å². The van der Waals surface area contributed by atoms with Gasteiger partial charge in [-0.1, -0.05) is 19.9 Å².